The summed E-state index contributed by atoms with van der Waals surface area (Å²) < 4.78 is 13.8. The number of hydrogen-bond donors (Lipinski definition) is 1. The zero-order valence-electron chi connectivity index (χ0n) is 9.75. The molecule has 5 heteroatoms. The van der Waals surface area contributed by atoms with Crippen LogP contribution in [0, 0.1) is 17.1 Å². The van der Waals surface area contributed by atoms with Crippen LogP contribution in [0.3, 0.4) is 0 Å². The van der Waals surface area contributed by atoms with E-state index in [2.05, 4.69) is 21.2 Å². The van der Waals surface area contributed by atoms with Gasteiger partial charge < -0.3 is 5.32 Å². The van der Waals surface area contributed by atoms with E-state index in [1.807, 2.05) is 12.1 Å². The number of hydrogen-bond acceptors (Lipinski definition) is 2. The van der Waals surface area contributed by atoms with Gasteiger partial charge in [0.05, 0.1) is 26.8 Å². The lowest BCUT2D eigenvalue weighted by atomic mass is 10.2. The Morgan fingerprint density at radius 3 is 2.74 bits per heavy atom. The highest BCUT2D eigenvalue weighted by Gasteiger charge is 2.04. The minimum Gasteiger partial charge on any atom is -0.380 e. The molecule has 0 saturated heterocycles. The van der Waals surface area contributed by atoms with Crippen LogP contribution in [0.25, 0.3) is 0 Å². The van der Waals surface area contributed by atoms with Crippen LogP contribution in [0.1, 0.15) is 11.1 Å². The maximum Gasteiger partial charge on any atom is 0.137 e. The molecule has 0 fully saturated rings. The lowest BCUT2D eigenvalue weighted by molar-refractivity contribution is 0.619. The van der Waals surface area contributed by atoms with Crippen molar-refractivity contribution in [1.29, 1.82) is 5.26 Å². The fourth-order valence-corrected chi connectivity index (χ4v) is 2.01. The Morgan fingerprint density at radius 1 is 1.26 bits per heavy atom. The van der Waals surface area contributed by atoms with Crippen molar-refractivity contribution in [1.82, 2.24) is 0 Å². The van der Waals surface area contributed by atoms with Crippen molar-refractivity contribution < 1.29 is 4.39 Å². The van der Waals surface area contributed by atoms with Gasteiger partial charge in [-0.2, -0.15) is 5.26 Å². The second-order valence-corrected chi connectivity index (χ2v) is 5.17. The van der Waals surface area contributed by atoms with E-state index < -0.39 is 0 Å². The summed E-state index contributed by atoms with van der Waals surface area (Å²) in [6, 6.07) is 11.9. The molecule has 0 aromatic heterocycles. The molecule has 0 aliphatic rings. The number of anilines is 1. The van der Waals surface area contributed by atoms with Crippen LogP contribution in [0.15, 0.2) is 40.9 Å². The summed E-state index contributed by atoms with van der Waals surface area (Å²) in [4.78, 5) is 0. The molecule has 0 heterocycles. The number of rotatable bonds is 3. The van der Waals surface area contributed by atoms with Gasteiger partial charge >= 0.3 is 0 Å². The van der Waals surface area contributed by atoms with Crippen LogP contribution < -0.4 is 5.32 Å². The summed E-state index contributed by atoms with van der Waals surface area (Å²) >= 11 is 9.13. The van der Waals surface area contributed by atoms with Crippen molar-refractivity contribution >= 4 is 33.2 Å². The lowest BCUT2D eigenvalue weighted by Crippen LogP contribution is -2.01. The zero-order valence-corrected chi connectivity index (χ0v) is 12.1. The van der Waals surface area contributed by atoms with Crippen LogP contribution in [0.2, 0.25) is 5.02 Å². The largest absolute Gasteiger partial charge is 0.380 e. The van der Waals surface area contributed by atoms with Gasteiger partial charge in [-0.05, 0) is 51.8 Å². The van der Waals surface area contributed by atoms with Crippen molar-refractivity contribution in [2.24, 2.45) is 0 Å². The van der Waals surface area contributed by atoms with Gasteiger partial charge in [0, 0.05) is 6.54 Å². The van der Waals surface area contributed by atoms with Crippen molar-refractivity contribution in [3.63, 3.8) is 0 Å². The second kappa shape index (κ2) is 6.05. The molecule has 1 N–H and O–H groups in total. The summed E-state index contributed by atoms with van der Waals surface area (Å²) in [6.45, 7) is 0.429. The molecule has 0 amide bonds. The number of nitrogens with zero attached hydrogens (tertiary/aromatic N) is 1. The Balaban J connectivity index is 2.14. The minimum atomic E-state index is -0.309. The van der Waals surface area contributed by atoms with Crippen LogP contribution in [0.5, 0.6) is 0 Å². The van der Waals surface area contributed by atoms with E-state index in [0.717, 1.165) is 5.56 Å². The molecule has 0 atom stereocenters. The number of halogens is 3. The third-order valence-corrected chi connectivity index (χ3v) is 3.54. The maximum atomic E-state index is 13.4. The Morgan fingerprint density at radius 2 is 2.05 bits per heavy atom. The Kier molecular flexibility index (Phi) is 4.41. The minimum absolute atomic E-state index is 0.309. The standard InChI is InChI=1S/C14H9BrClFN2/c15-11-3-1-10(5-13(11)17)8-19-14-6-9(7-18)2-4-12(14)16/h1-6,19H,8H2. The van der Waals surface area contributed by atoms with Crippen molar-refractivity contribution in [2.45, 2.75) is 6.54 Å². The molecule has 2 aromatic carbocycles. The topological polar surface area (TPSA) is 35.8 Å². The van der Waals surface area contributed by atoms with Crippen LogP contribution in [-0.4, -0.2) is 0 Å². The fraction of sp³-hybridized carbons (Fsp3) is 0.0714. The van der Waals surface area contributed by atoms with Gasteiger partial charge in [-0.15, -0.1) is 0 Å². The van der Waals surface area contributed by atoms with E-state index >= 15 is 0 Å². The highest BCUT2D eigenvalue weighted by atomic mass is 79.9. The normalized spacial score (nSPS) is 10.0. The molecule has 0 aliphatic heterocycles. The van der Waals surface area contributed by atoms with Gasteiger partial charge in [-0.25, -0.2) is 4.39 Å². The van der Waals surface area contributed by atoms with E-state index in [9.17, 15) is 4.39 Å². The van der Waals surface area contributed by atoms with Crippen molar-refractivity contribution in [2.75, 3.05) is 5.32 Å². The first-order valence-corrected chi connectivity index (χ1v) is 6.64. The Labute approximate surface area is 123 Å². The second-order valence-electron chi connectivity index (χ2n) is 3.91. The Bertz CT molecular complexity index is 652. The Hall–Kier alpha value is -1.57. The first-order chi connectivity index (χ1) is 9.10. The monoisotopic (exact) mass is 338 g/mol. The summed E-state index contributed by atoms with van der Waals surface area (Å²) in [5.41, 5.74) is 1.97. The van der Waals surface area contributed by atoms with Gasteiger partial charge in [-0.3, -0.25) is 0 Å². The van der Waals surface area contributed by atoms with Crippen molar-refractivity contribution in [3.05, 3.63) is 62.8 Å². The molecule has 0 radical (unpaired) electrons. The predicted molar refractivity (Wildman–Crippen MR) is 77.6 cm³/mol. The molecule has 2 rings (SSSR count). The van der Waals surface area contributed by atoms with Crippen molar-refractivity contribution in [3.8, 4) is 6.07 Å². The molecule has 0 spiro atoms. The highest BCUT2D eigenvalue weighted by Crippen LogP contribution is 2.24. The zero-order chi connectivity index (χ0) is 13.8. The predicted octanol–water partition coefficient (Wildman–Crippen LogP) is 4.73. The summed E-state index contributed by atoms with van der Waals surface area (Å²) in [5.74, 6) is -0.309. The van der Waals surface area contributed by atoms with Gasteiger partial charge in [0.1, 0.15) is 5.82 Å². The fourth-order valence-electron chi connectivity index (χ4n) is 1.58. The first kappa shape index (κ1) is 13.9. The van der Waals surface area contributed by atoms with Crippen LogP contribution in [0.4, 0.5) is 10.1 Å². The molecule has 0 bridgehead atoms. The number of benzene rings is 2. The molecule has 2 nitrogen and oxygen atoms in total. The molecule has 2 aromatic rings. The summed E-state index contributed by atoms with van der Waals surface area (Å²) in [5, 5.41) is 12.4. The van der Waals surface area contributed by atoms with Crippen LogP contribution >= 0.6 is 27.5 Å². The molecule has 96 valence electrons. The van der Waals surface area contributed by atoms with Gasteiger partial charge in [0.15, 0.2) is 0 Å². The molecule has 19 heavy (non-hydrogen) atoms. The average Bonchev–Trinajstić information content (AvgIpc) is 2.41. The third-order valence-electron chi connectivity index (χ3n) is 2.56. The van der Waals surface area contributed by atoms with Gasteiger partial charge in [0.25, 0.3) is 0 Å². The molecule has 0 unspecified atom stereocenters. The van der Waals surface area contributed by atoms with E-state index in [1.54, 1.807) is 24.3 Å². The third kappa shape index (κ3) is 3.46. The van der Waals surface area contributed by atoms with E-state index in [1.165, 1.54) is 6.07 Å². The highest BCUT2D eigenvalue weighted by molar-refractivity contribution is 9.10. The smallest absolute Gasteiger partial charge is 0.137 e. The molecular weight excluding hydrogens is 331 g/mol. The van der Waals surface area contributed by atoms with Gasteiger partial charge in [0.2, 0.25) is 0 Å². The quantitative estimate of drug-likeness (QED) is 0.878. The number of nitrogens with one attached hydrogen (secondary N) is 1. The summed E-state index contributed by atoms with van der Waals surface area (Å²) in [7, 11) is 0. The average molecular weight is 340 g/mol. The molecular formula is C14H9BrClFN2. The van der Waals surface area contributed by atoms with Crippen LogP contribution in [-0.2, 0) is 6.54 Å². The summed E-state index contributed by atoms with van der Waals surface area (Å²) in [6.07, 6.45) is 0. The lowest BCUT2D eigenvalue weighted by Gasteiger charge is -2.09. The first-order valence-electron chi connectivity index (χ1n) is 5.47. The van der Waals surface area contributed by atoms with E-state index in [-0.39, 0.29) is 5.82 Å². The van der Waals surface area contributed by atoms with Gasteiger partial charge in [-0.1, -0.05) is 17.7 Å². The van der Waals surface area contributed by atoms with E-state index in [4.69, 9.17) is 16.9 Å². The number of nitriles is 1. The molecule has 0 aliphatic carbocycles. The molecule has 0 saturated carbocycles. The van der Waals surface area contributed by atoms with E-state index in [0.29, 0.717) is 27.3 Å². The maximum absolute atomic E-state index is 13.4. The SMILES string of the molecule is N#Cc1ccc(Cl)c(NCc2ccc(Br)c(F)c2)c1.